The Labute approximate surface area is 97.0 Å². The van der Waals surface area contributed by atoms with Gasteiger partial charge >= 0.3 is 0 Å². The van der Waals surface area contributed by atoms with Crippen LogP contribution in [0.3, 0.4) is 0 Å². The molecule has 15 heavy (non-hydrogen) atoms. The van der Waals surface area contributed by atoms with E-state index in [9.17, 15) is 0 Å². The van der Waals surface area contributed by atoms with Gasteiger partial charge < -0.3 is 9.84 Å². The number of fused-ring (bicyclic) bond motifs is 1. The molecule has 0 aliphatic heterocycles. The minimum atomic E-state index is 0.920. The number of nitrogens with zero attached hydrogens (tertiary/aromatic N) is 1. The van der Waals surface area contributed by atoms with Gasteiger partial charge in [0.15, 0.2) is 0 Å². The van der Waals surface area contributed by atoms with Crippen LogP contribution in [0.15, 0.2) is 27.2 Å². The summed E-state index contributed by atoms with van der Waals surface area (Å²) in [5.74, 6) is 0.979. The summed E-state index contributed by atoms with van der Waals surface area (Å²) in [7, 11) is 1.95. The van der Waals surface area contributed by atoms with Crippen LogP contribution in [0.25, 0.3) is 10.9 Å². The second-order valence-corrected chi connectivity index (χ2v) is 4.39. The molecule has 2 aromatic rings. The molecule has 80 valence electrons. The summed E-state index contributed by atoms with van der Waals surface area (Å²) >= 11 is 3.41. The van der Waals surface area contributed by atoms with Crippen molar-refractivity contribution in [2.45, 2.75) is 12.8 Å². The Balaban J connectivity index is 2.21. The van der Waals surface area contributed by atoms with Crippen LogP contribution >= 0.6 is 15.9 Å². The molecule has 4 heteroatoms. The lowest BCUT2D eigenvalue weighted by atomic mass is 10.1. The third kappa shape index (κ3) is 2.38. The number of aryl methyl sites for hydroxylation is 1. The van der Waals surface area contributed by atoms with E-state index in [1.54, 1.807) is 0 Å². The lowest BCUT2D eigenvalue weighted by Gasteiger charge is -1.96. The summed E-state index contributed by atoms with van der Waals surface area (Å²) in [5.41, 5.74) is 0.920. The fraction of sp³-hybridized carbons (Fsp3) is 0.364. The van der Waals surface area contributed by atoms with E-state index in [2.05, 4.69) is 26.4 Å². The number of halogens is 1. The fourth-order valence-electron chi connectivity index (χ4n) is 1.58. The molecular weight excluding hydrogens is 256 g/mol. The fourth-order valence-corrected chi connectivity index (χ4v) is 1.92. The molecule has 0 saturated heterocycles. The molecule has 1 aromatic carbocycles. The van der Waals surface area contributed by atoms with Crippen LogP contribution in [0.2, 0.25) is 0 Å². The van der Waals surface area contributed by atoms with Gasteiger partial charge in [0.2, 0.25) is 0 Å². The van der Waals surface area contributed by atoms with Crippen molar-refractivity contribution in [3.63, 3.8) is 0 Å². The highest BCUT2D eigenvalue weighted by Gasteiger charge is 2.07. The zero-order chi connectivity index (χ0) is 10.7. The number of benzene rings is 1. The van der Waals surface area contributed by atoms with Gasteiger partial charge in [-0.25, -0.2) is 0 Å². The van der Waals surface area contributed by atoms with Crippen molar-refractivity contribution in [1.82, 2.24) is 10.5 Å². The minimum absolute atomic E-state index is 0.920. The van der Waals surface area contributed by atoms with Crippen LogP contribution in [-0.2, 0) is 6.42 Å². The van der Waals surface area contributed by atoms with Crippen molar-refractivity contribution < 1.29 is 4.52 Å². The Morgan fingerprint density at radius 3 is 3.13 bits per heavy atom. The van der Waals surface area contributed by atoms with Crippen LogP contribution in [-0.4, -0.2) is 18.7 Å². The highest BCUT2D eigenvalue weighted by molar-refractivity contribution is 9.10. The molecule has 2 rings (SSSR count). The first-order chi connectivity index (χ1) is 7.31. The average Bonchev–Trinajstić information content (AvgIpc) is 2.61. The van der Waals surface area contributed by atoms with E-state index in [1.807, 2.05) is 25.2 Å². The molecule has 0 aliphatic carbocycles. The van der Waals surface area contributed by atoms with Gasteiger partial charge in [-0.3, -0.25) is 0 Å². The molecule has 0 fully saturated rings. The Morgan fingerprint density at radius 2 is 2.33 bits per heavy atom. The predicted octanol–water partition coefficient (Wildman–Crippen LogP) is 2.74. The zero-order valence-electron chi connectivity index (χ0n) is 8.59. The summed E-state index contributed by atoms with van der Waals surface area (Å²) in [6.45, 7) is 0.999. The standard InChI is InChI=1S/C11H13BrN2O/c1-13-6-2-3-11-9-5-4-8(12)7-10(9)14-15-11/h4-5,7,13H,2-3,6H2,1H3. The van der Waals surface area contributed by atoms with Crippen molar-refractivity contribution in [2.75, 3.05) is 13.6 Å². The first-order valence-electron chi connectivity index (χ1n) is 4.99. The molecule has 1 heterocycles. The van der Waals surface area contributed by atoms with E-state index in [4.69, 9.17) is 4.52 Å². The molecule has 0 unspecified atom stereocenters. The van der Waals surface area contributed by atoms with Crippen molar-refractivity contribution in [1.29, 1.82) is 0 Å². The molecule has 0 saturated carbocycles. The van der Waals surface area contributed by atoms with Crippen molar-refractivity contribution in [3.05, 3.63) is 28.4 Å². The normalized spacial score (nSPS) is 11.1. The number of rotatable bonds is 4. The van der Waals surface area contributed by atoms with Crippen molar-refractivity contribution in [3.8, 4) is 0 Å². The largest absolute Gasteiger partial charge is 0.360 e. The van der Waals surface area contributed by atoms with Crippen LogP contribution in [0.1, 0.15) is 12.2 Å². The Hall–Kier alpha value is -0.870. The SMILES string of the molecule is CNCCCc1onc2cc(Br)ccc12. The molecule has 3 nitrogen and oxygen atoms in total. The van der Waals surface area contributed by atoms with Gasteiger partial charge in [-0.05, 0) is 38.2 Å². The van der Waals surface area contributed by atoms with Crippen molar-refractivity contribution in [2.24, 2.45) is 0 Å². The third-order valence-electron chi connectivity index (χ3n) is 2.34. The summed E-state index contributed by atoms with van der Waals surface area (Å²) in [4.78, 5) is 0. The van der Waals surface area contributed by atoms with Crippen LogP contribution < -0.4 is 5.32 Å². The second kappa shape index (κ2) is 4.77. The van der Waals surface area contributed by atoms with Crippen molar-refractivity contribution >= 4 is 26.8 Å². The number of aromatic nitrogens is 1. The summed E-state index contributed by atoms with van der Waals surface area (Å²) in [6.07, 6.45) is 2.00. The lowest BCUT2D eigenvalue weighted by Crippen LogP contribution is -2.08. The van der Waals surface area contributed by atoms with Crippen LogP contribution in [0.5, 0.6) is 0 Å². The molecule has 0 aliphatic rings. The Kier molecular flexibility index (Phi) is 3.38. The van der Waals surface area contributed by atoms with E-state index in [-0.39, 0.29) is 0 Å². The summed E-state index contributed by atoms with van der Waals surface area (Å²) in [5, 5.41) is 8.27. The number of hydrogen-bond acceptors (Lipinski definition) is 3. The van der Waals surface area contributed by atoms with Gasteiger partial charge in [0, 0.05) is 16.3 Å². The topological polar surface area (TPSA) is 38.1 Å². The zero-order valence-corrected chi connectivity index (χ0v) is 10.2. The Bertz CT molecular complexity index is 453. The highest BCUT2D eigenvalue weighted by atomic mass is 79.9. The summed E-state index contributed by atoms with van der Waals surface area (Å²) < 4.78 is 6.35. The molecule has 1 N–H and O–H groups in total. The van der Waals surface area contributed by atoms with Gasteiger partial charge in [-0.1, -0.05) is 21.1 Å². The molecular formula is C11H13BrN2O. The van der Waals surface area contributed by atoms with Crippen LogP contribution in [0, 0.1) is 0 Å². The monoisotopic (exact) mass is 268 g/mol. The van der Waals surface area contributed by atoms with Crippen LogP contribution in [0.4, 0.5) is 0 Å². The van der Waals surface area contributed by atoms with E-state index >= 15 is 0 Å². The minimum Gasteiger partial charge on any atom is -0.360 e. The maximum Gasteiger partial charge on any atom is 0.144 e. The third-order valence-corrected chi connectivity index (χ3v) is 2.84. The maximum atomic E-state index is 5.32. The first kappa shape index (κ1) is 10.6. The first-order valence-corrected chi connectivity index (χ1v) is 5.79. The number of nitrogens with one attached hydrogen (secondary N) is 1. The van der Waals surface area contributed by atoms with Gasteiger partial charge in [-0.15, -0.1) is 0 Å². The van der Waals surface area contributed by atoms with E-state index in [0.29, 0.717) is 0 Å². The lowest BCUT2D eigenvalue weighted by molar-refractivity contribution is 0.388. The molecule has 0 amide bonds. The smallest absolute Gasteiger partial charge is 0.144 e. The van der Waals surface area contributed by atoms with Gasteiger partial charge in [0.1, 0.15) is 11.3 Å². The highest BCUT2D eigenvalue weighted by Crippen LogP contribution is 2.22. The van der Waals surface area contributed by atoms with E-state index in [0.717, 1.165) is 40.5 Å². The van der Waals surface area contributed by atoms with E-state index in [1.165, 1.54) is 0 Å². The van der Waals surface area contributed by atoms with Gasteiger partial charge in [-0.2, -0.15) is 0 Å². The average molecular weight is 269 g/mol. The quantitative estimate of drug-likeness (QED) is 0.867. The van der Waals surface area contributed by atoms with Gasteiger partial charge in [0.05, 0.1) is 0 Å². The Morgan fingerprint density at radius 1 is 1.47 bits per heavy atom. The van der Waals surface area contributed by atoms with Gasteiger partial charge in [0.25, 0.3) is 0 Å². The molecule has 0 bridgehead atoms. The number of hydrogen-bond donors (Lipinski definition) is 1. The molecule has 0 spiro atoms. The predicted molar refractivity (Wildman–Crippen MR) is 64.0 cm³/mol. The molecule has 0 atom stereocenters. The molecule has 1 aromatic heterocycles. The molecule has 0 radical (unpaired) electrons. The van der Waals surface area contributed by atoms with E-state index < -0.39 is 0 Å². The summed E-state index contributed by atoms with van der Waals surface area (Å²) in [6, 6.07) is 6.03. The maximum absolute atomic E-state index is 5.32. The second-order valence-electron chi connectivity index (χ2n) is 3.47.